The fraction of sp³-hybridized carbons (Fsp3) is 0.857. The zero-order chi connectivity index (χ0) is 18.2. The molecule has 0 aromatic rings. The highest BCUT2D eigenvalue weighted by atomic mass is 19.4. The van der Waals surface area contributed by atoms with Crippen molar-refractivity contribution in [3.8, 4) is 0 Å². The van der Waals surface area contributed by atoms with Crippen LogP contribution in [0.1, 0.15) is 33.6 Å². The van der Waals surface area contributed by atoms with Gasteiger partial charge in [-0.1, -0.05) is 20.8 Å². The van der Waals surface area contributed by atoms with E-state index in [9.17, 15) is 40.3 Å². The minimum atomic E-state index is -6.59. The van der Waals surface area contributed by atoms with Crippen LogP contribution in [0, 0.1) is 22.7 Å². The molecule has 0 N–H and O–H groups in total. The average molecular weight is 348 g/mol. The van der Waals surface area contributed by atoms with Crippen molar-refractivity contribution < 1.29 is 40.3 Å². The molecule has 0 spiro atoms. The SMILES string of the molecule is CC1(C)[C@@H]2CC[C@]1(C)C(=O)C2C(=O)C(F)(F)C(F)(F)C(F)(F)F. The van der Waals surface area contributed by atoms with Crippen LogP contribution >= 0.6 is 0 Å². The molecule has 9 heteroatoms. The molecule has 2 aliphatic rings. The standard InChI is InChI=1S/C14H15F7O2/c1-10(2)6-4-5-11(10,3)8(22)7(6)9(23)12(15,16)13(17,18)14(19,20)21/h6-7H,4-5H2,1-3H3/t6-,7?,11-/m1/s1. The van der Waals surface area contributed by atoms with Crippen molar-refractivity contribution in [2.24, 2.45) is 22.7 Å². The molecule has 2 fully saturated rings. The molecule has 1 unspecified atom stereocenters. The van der Waals surface area contributed by atoms with Crippen molar-refractivity contribution in [3.63, 3.8) is 0 Å². The Hall–Kier alpha value is -1.15. The highest BCUT2D eigenvalue weighted by Crippen LogP contribution is 2.66. The van der Waals surface area contributed by atoms with Gasteiger partial charge in [-0.25, -0.2) is 0 Å². The molecule has 0 radical (unpaired) electrons. The molecule has 3 atom stereocenters. The highest BCUT2D eigenvalue weighted by Gasteiger charge is 2.79. The monoisotopic (exact) mass is 348 g/mol. The molecule has 2 nitrogen and oxygen atoms in total. The summed E-state index contributed by atoms with van der Waals surface area (Å²) in [4.78, 5) is 24.1. The minimum absolute atomic E-state index is 0.152. The van der Waals surface area contributed by atoms with E-state index in [2.05, 4.69) is 0 Å². The maximum absolute atomic E-state index is 13.6. The van der Waals surface area contributed by atoms with Gasteiger partial charge in [0, 0.05) is 5.41 Å². The van der Waals surface area contributed by atoms with E-state index < -0.39 is 52.3 Å². The molecule has 2 bridgehead atoms. The Labute approximate surface area is 127 Å². The van der Waals surface area contributed by atoms with E-state index in [1.807, 2.05) is 0 Å². The van der Waals surface area contributed by atoms with Crippen molar-refractivity contribution in [2.45, 2.75) is 51.6 Å². The fourth-order valence-corrected chi connectivity index (χ4v) is 3.92. The largest absolute Gasteiger partial charge is 0.460 e. The highest BCUT2D eigenvalue weighted by molar-refractivity contribution is 6.10. The van der Waals surface area contributed by atoms with Crippen molar-refractivity contribution in [2.75, 3.05) is 0 Å². The van der Waals surface area contributed by atoms with Gasteiger partial charge in [-0.15, -0.1) is 0 Å². The molecule has 0 saturated heterocycles. The zero-order valence-corrected chi connectivity index (χ0v) is 12.5. The molecule has 2 aliphatic carbocycles. The van der Waals surface area contributed by atoms with Gasteiger partial charge in [-0.2, -0.15) is 30.7 Å². The lowest BCUT2D eigenvalue weighted by molar-refractivity contribution is -0.344. The van der Waals surface area contributed by atoms with Gasteiger partial charge in [0.15, 0.2) is 0 Å². The third kappa shape index (κ3) is 1.94. The van der Waals surface area contributed by atoms with Crippen LogP contribution in [0.2, 0.25) is 0 Å². The summed E-state index contributed by atoms with van der Waals surface area (Å²) in [5, 5.41) is 0. The Kier molecular flexibility index (Phi) is 3.54. The summed E-state index contributed by atoms with van der Waals surface area (Å²) < 4.78 is 90.1. The number of ketones is 2. The molecule has 23 heavy (non-hydrogen) atoms. The van der Waals surface area contributed by atoms with Gasteiger partial charge >= 0.3 is 18.0 Å². The molecule has 0 aliphatic heterocycles. The van der Waals surface area contributed by atoms with E-state index in [0.29, 0.717) is 0 Å². The van der Waals surface area contributed by atoms with E-state index in [0.717, 1.165) is 0 Å². The fourth-order valence-electron chi connectivity index (χ4n) is 3.92. The summed E-state index contributed by atoms with van der Waals surface area (Å²) in [6.07, 6.45) is -6.15. The van der Waals surface area contributed by atoms with Crippen LogP contribution in [0.4, 0.5) is 30.7 Å². The Bertz CT molecular complexity index is 564. The van der Waals surface area contributed by atoms with Crippen LogP contribution in [-0.2, 0) is 9.59 Å². The van der Waals surface area contributed by atoms with E-state index >= 15 is 0 Å². The van der Waals surface area contributed by atoms with Gasteiger partial charge in [0.2, 0.25) is 5.78 Å². The first-order valence-corrected chi connectivity index (χ1v) is 6.94. The van der Waals surface area contributed by atoms with Gasteiger partial charge in [-0.05, 0) is 24.2 Å². The normalized spacial score (nSPS) is 34.1. The van der Waals surface area contributed by atoms with Crippen LogP contribution in [0.3, 0.4) is 0 Å². The zero-order valence-electron chi connectivity index (χ0n) is 12.5. The predicted molar refractivity (Wildman–Crippen MR) is 64.1 cm³/mol. The van der Waals surface area contributed by atoms with Gasteiger partial charge in [0.25, 0.3) is 0 Å². The molecule has 132 valence electrons. The summed E-state index contributed by atoms with van der Waals surface area (Å²) in [6, 6.07) is 0. The van der Waals surface area contributed by atoms with Crippen LogP contribution in [0.5, 0.6) is 0 Å². The molecule has 2 saturated carbocycles. The molecule has 0 aromatic carbocycles. The van der Waals surface area contributed by atoms with Gasteiger partial charge in [0.05, 0.1) is 5.92 Å². The Morgan fingerprint density at radius 1 is 1.04 bits per heavy atom. The van der Waals surface area contributed by atoms with Gasteiger partial charge < -0.3 is 0 Å². The molecule has 0 heterocycles. The van der Waals surface area contributed by atoms with Crippen molar-refractivity contribution >= 4 is 11.6 Å². The topological polar surface area (TPSA) is 34.1 Å². The second kappa shape index (κ2) is 4.47. The summed E-state index contributed by atoms with van der Waals surface area (Å²) in [5.41, 5.74) is -2.10. The second-order valence-electron chi connectivity index (χ2n) is 7.05. The van der Waals surface area contributed by atoms with E-state index in [1.165, 1.54) is 20.8 Å². The molecule has 0 amide bonds. The summed E-state index contributed by atoms with van der Waals surface area (Å²) >= 11 is 0. The first-order chi connectivity index (χ1) is 10.0. The molecular weight excluding hydrogens is 333 g/mol. The van der Waals surface area contributed by atoms with Gasteiger partial charge in [0.1, 0.15) is 5.78 Å². The van der Waals surface area contributed by atoms with Crippen LogP contribution in [0.25, 0.3) is 0 Å². The molecular formula is C14H15F7O2. The Balaban J connectivity index is 2.45. The number of carbonyl (C=O) groups excluding carboxylic acids is 2. The number of fused-ring (bicyclic) bond motifs is 2. The number of hydrogen-bond donors (Lipinski definition) is 0. The smallest absolute Gasteiger partial charge is 0.298 e. The Morgan fingerprint density at radius 2 is 1.52 bits per heavy atom. The van der Waals surface area contributed by atoms with Crippen LogP contribution < -0.4 is 0 Å². The van der Waals surface area contributed by atoms with E-state index in [4.69, 9.17) is 0 Å². The third-order valence-electron chi connectivity index (χ3n) is 5.88. The number of alkyl halides is 7. The van der Waals surface area contributed by atoms with Crippen LogP contribution in [-0.4, -0.2) is 29.6 Å². The number of halogens is 7. The quantitative estimate of drug-likeness (QED) is 0.570. The van der Waals surface area contributed by atoms with Crippen molar-refractivity contribution in [1.29, 1.82) is 0 Å². The Morgan fingerprint density at radius 3 is 1.87 bits per heavy atom. The van der Waals surface area contributed by atoms with Crippen molar-refractivity contribution in [1.82, 2.24) is 0 Å². The lowest BCUT2D eigenvalue weighted by atomic mass is 9.70. The lowest BCUT2D eigenvalue weighted by Crippen LogP contribution is -2.59. The van der Waals surface area contributed by atoms with Crippen molar-refractivity contribution in [3.05, 3.63) is 0 Å². The second-order valence-corrected chi connectivity index (χ2v) is 7.05. The lowest BCUT2D eigenvalue weighted by Gasteiger charge is -2.32. The summed E-state index contributed by atoms with van der Waals surface area (Å²) in [5.74, 6) is -19.2. The predicted octanol–water partition coefficient (Wildman–Crippen LogP) is 4.03. The van der Waals surface area contributed by atoms with Crippen LogP contribution in [0.15, 0.2) is 0 Å². The first kappa shape index (κ1) is 18.2. The summed E-state index contributed by atoms with van der Waals surface area (Å²) in [7, 11) is 0. The average Bonchev–Trinajstić information content (AvgIpc) is 2.68. The number of hydrogen-bond acceptors (Lipinski definition) is 2. The molecule has 2 rings (SSSR count). The molecule has 0 aromatic heterocycles. The minimum Gasteiger partial charge on any atom is -0.298 e. The summed E-state index contributed by atoms with van der Waals surface area (Å²) in [6.45, 7) is 4.51. The van der Waals surface area contributed by atoms with E-state index in [1.54, 1.807) is 0 Å². The first-order valence-electron chi connectivity index (χ1n) is 6.94. The number of carbonyl (C=O) groups is 2. The number of Topliss-reactive ketones (excluding diaryl/α,β-unsaturated/α-hetero) is 2. The maximum Gasteiger partial charge on any atom is 0.460 e. The van der Waals surface area contributed by atoms with Gasteiger partial charge in [-0.3, -0.25) is 9.59 Å². The maximum atomic E-state index is 13.6. The number of rotatable bonds is 3. The third-order valence-corrected chi connectivity index (χ3v) is 5.88. The van der Waals surface area contributed by atoms with E-state index in [-0.39, 0.29) is 12.8 Å².